The molecule has 0 fully saturated rings. The van der Waals surface area contributed by atoms with E-state index in [1.807, 2.05) is 39.0 Å². The molecule has 4 heteroatoms. The maximum atomic E-state index is 11.5. The summed E-state index contributed by atoms with van der Waals surface area (Å²) in [5, 5.41) is 5.86. The Kier molecular flexibility index (Phi) is 3.77. The quantitative estimate of drug-likeness (QED) is 0.679. The SMILES string of the molecule is CC(C)(C)NC(=O)CNc1ccccc1N. The highest BCUT2D eigenvalue weighted by Crippen LogP contribution is 2.15. The van der Waals surface area contributed by atoms with E-state index < -0.39 is 0 Å². The molecule has 1 aromatic rings. The standard InChI is InChI=1S/C12H19N3O/c1-12(2,3)15-11(16)8-14-10-7-5-4-6-9(10)13/h4-7,14H,8,13H2,1-3H3,(H,15,16). The van der Waals surface area contributed by atoms with Gasteiger partial charge in [-0.2, -0.15) is 0 Å². The van der Waals surface area contributed by atoms with Crippen LogP contribution in [0.3, 0.4) is 0 Å². The van der Waals surface area contributed by atoms with Crippen LogP contribution < -0.4 is 16.4 Å². The van der Waals surface area contributed by atoms with E-state index in [0.717, 1.165) is 5.69 Å². The number of amides is 1. The zero-order valence-corrected chi connectivity index (χ0v) is 10.0. The monoisotopic (exact) mass is 221 g/mol. The average Bonchev–Trinajstić information content (AvgIpc) is 2.14. The van der Waals surface area contributed by atoms with E-state index in [0.29, 0.717) is 5.69 Å². The summed E-state index contributed by atoms with van der Waals surface area (Å²) in [5.74, 6) is -0.0456. The Balaban J connectivity index is 2.47. The normalized spacial score (nSPS) is 10.9. The molecule has 0 atom stereocenters. The van der Waals surface area contributed by atoms with Gasteiger partial charge in [-0.15, -0.1) is 0 Å². The molecule has 4 nitrogen and oxygen atoms in total. The first-order chi connectivity index (χ1) is 7.38. The van der Waals surface area contributed by atoms with Gasteiger partial charge in [0.05, 0.1) is 17.9 Å². The second-order valence-corrected chi connectivity index (χ2v) is 4.74. The summed E-state index contributed by atoms with van der Waals surface area (Å²) < 4.78 is 0. The Labute approximate surface area is 96.2 Å². The zero-order chi connectivity index (χ0) is 12.2. The van der Waals surface area contributed by atoms with Gasteiger partial charge in [-0.05, 0) is 32.9 Å². The van der Waals surface area contributed by atoms with Gasteiger partial charge in [0.25, 0.3) is 0 Å². The van der Waals surface area contributed by atoms with Gasteiger partial charge in [0.2, 0.25) is 5.91 Å². The molecule has 0 bridgehead atoms. The van der Waals surface area contributed by atoms with E-state index in [-0.39, 0.29) is 18.0 Å². The fourth-order valence-corrected chi connectivity index (χ4v) is 1.30. The fourth-order valence-electron chi connectivity index (χ4n) is 1.30. The Morgan fingerprint density at radius 2 is 1.94 bits per heavy atom. The summed E-state index contributed by atoms with van der Waals surface area (Å²) in [7, 11) is 0. The molecule has 0 aliphatic heterocycles. The van der Waals surface area contributed by atoms with Crippen molar-refractivity contribution in [3.05, 3.63) is 24.3 Å². The highest BCUT2D eigenvalue weighted by atomic mass is 16.2. The highest BCUT2D eigenvalue weighted by molar-refractivity contribution is 5.82. The molecule has 0 aromatic heterocycles. The smallest absolute Gasteiger partial charge is 0.239 e. The molecule has 0 unspecified atom stereocenters. The number of carbonyl (C=O) groups is 1. The summed E-state index contributed by atoms with van der Waals surface area (Å²) >= 11 is 0. The predicted molar refractivity (Wildman–Crippen MR) is 67.2 cm³/mol. The van der Waals surface area contributed by atoms with Crippen LogP contribution in [0.25, 0.3) is 0 Å². The molecular formula is C12H19N3O. The molecule has 16 heavy (non-hydrogen) atoms. The number of para-hydroxylation sites is 2. The minimum atomic E-state index is -0.207. The van der Waals surface area contributed by atoms with Crippen molar-refractivity contribution in [3.8, 4) is 0 Å². The first-order valence-electron chi connectivity index (χ1n) is 5.28. The summed E-state index contributed by atoms with van der Waals surface area (Å²) in [6.45, 7) is 6.07. The summed E-state index contributed by atoms with van der Waals surface area (Å²) in [6, 6.07) is 7.37. The predicted octanol–water partition coefficient (Wildman–Crippen LogP) is 1.60. The molecule has 0 spiro atoms. The van der Waals surface area contributed by atoms with E-state index in [1.54, 1.807) is 6.07 Å². The van der Waals surface area contributed by atoms with Gasteiger partial charge in [0.1, 0.15) is 0 Å². The Morgan fingerprint density at radius 1 is 1.31 bits per heavy atom. The lowest BCUT2D eigenvalue weighted by Gasteiger charge is -2.20. The number of carbonyl (C=O) groups excluding carboxylic acids is 1. The van der Waals surface area contributed by atoms with Crippen LogP contribution in [0.1, 0.15) is 20.8 Å². The van der Waals surface area contributed by atoms with Crippen molar-refractivity contribution in [2.45, 2.75) is 26.3 Å². The van der Waals surface area contributed by atoms with Crippen molar-refractivity contribution in [3.63, 3.8) is 0 Å². The molecule has 1 aromatic carbocycles. The van der Waals surface area contributed by atoms with Gasteiger partial charge in [0.15, 0.2) is 0 Å². The number of nitrogen functional groups attached to an aromatic ring is 1. The molecule has 0 heterocycles. The van der Waals surface area contributed by atoms with E-state index >= 15 is 0 Å². The molecule has 0 saturated heterocycles. The summed E-state index contributed by atoms with van der Waals surface area (Å²) in [6.07, 6.45) is 0. The van der Waals surface area contributed by atoms with Gasteiger partial charge in [-0.25, -0.2) is 0 Å². The van der Waals surface area contributed by atoms with Crippen molar-refractivity contribution >= 4 is 17.3 Å². The van der Waals surface area contributed by atoms with Gasteiger partial charge >= 0.3 is 0 Å². The second-order valence-electron chi connectivity index (χ2n) is 4.74. The van der Waals surface area contributed by atoms with Crippen molar-refractivity contribution < 1.29 is 4.79 Å². The van der Waals surface area contributed by atoms with Gasteiger partial charge in [-0.1, -0.05) is 12.1 Å². The second kappa shape index (κ2) is 4.88. The number of hydrogen-bond acceptors (Lipinski definition) is 3. The van der Waals surface area contributed by atoms with Crippen LogP contribution >= 0.6 is 0 Å². The van der Waals surface area contributed by atoms with Crippen LogP contribution in [-0.2, 0) is 4.79 Å². The first-order valence-corrected chi connectivity index (χ1v) is 5.28. The number of nitrogens with two attached hydrogens (primary N) is 1. The Hall–Kier alpha value is -1.71. The van der Waals surface area contributed by atoms with Crippen LogP contribution in [0, 0.1) is 0 Å². The van der Waals surface area contributed by atoms with Crippen molar-refractivity contribution in [2.75, 3.05) is 17.6 Å². The number of hydrogen-bond donors (Lipinski definition) is 3. The molecule has 1 amide bonds. The van der Waals surface area contributed by atoms with Crippen molar-refractivity contribution in [1.29, 1.82) is 0 Å². The van der Waals surface area contributed by atoms with E-state index in [9.17, 15) is 4.79 Å². The van der Waals surface area contributed by atoms with Gasteiger partial charge in [0, 0.05) is 5.54 Å². The maximum Gasteiger partial charge on any atom is 0.239 e. The van der Waals surface area contributed by atoms with Crippen LogP contribution in [-0.4, -0.2) is 18.0 Å². The number of nitrogens with one attached hydrogen (secondary N) is 2. The third-order valence-electron chi connectivity index (χ3n) is 1.91. The van der Waals surface area contributed by atoms with Gasteiger partial charge in [-0.3, -0.25) is 4.79 Å². The van der Waals surface area contributed by atoms with E-state index in [1.165, 1.54) is 0 Å². The Bertz CT molecular complexity index is 369. The van der Waals surface area contributed by atoms with Gasteiger partial charge < -0.3 is 16.4 Å². The minimum absolute atomic E-state index is 0.0456. The van der Waals surface area contributed by atoms with Crippen molar-refractivity contribution in [1.82, 2.24) is 5.32 Å². The third kappa shape index (κ3) is 4.21. The van der Waals surface area contributed by atoms with E-state index in [2.05, 4.69) is 10.6 Å². The molecule has 4 N–H and O–H groups in total. The molecule has 0 saturated carbocycles. The average molecular weight is 221 g/mol. The molecule has 1 rings (SSSR count). The maximum absolute atomic E-state index is 11.5. The largest absolute Gasteiger partial charge is 0.397 e. The van der Waals surface area contributed by atoms with Crippen LogP contribution in [0.2, 0.25) is 0 Å². The molecule has 88 valence electrons. The number of anilines is 2. The van der Waals surface area contributed by atoms with Crippen LogP contribution in [0.5, 0.6) is 0 Å². The zero-order valence-electron chi connectivity index (χ0n) is 10.0. The molecule has 0 aliphatic carbocycles. The lowest BCUT2D eigenvalue weighted by atomic mass is 10.1. The highest BCUT2D eigenvalue weighted by Gasteiger charge is 2.13. The molecular weight excluding hydrogens is 202 g/mol. The first kappa shape index (κ1) is 12.4. The molecule has 0 aliphatic rings. The Morgan fingerprint density at radius 3 is 2.50 bits per heavy atom. The van der Waals surface area contributed by atoms with Crippen LogP contribution in [0.4, 0.5) is 11.4 Å². The van der Waals surface area contributed by atoms with Crippen molar-refractivity contribution in [2.24, 2.45) is 0 Å². The third-order valence-corrected chi connectivity index (χ3v) is 1.91. The van der Waals surface area contributed by atoms with E-state index in [4.69, 9.17) is 5.73 Å². The number of benzene rings is 1. The molecule has 0 radical (unpaired) electrons. The lowest BCUT2D eigenvalue weighted by Crippen LogP contribution is -2.43. The summed E-state index contributed by atoms with van der Waals surface area (Å²) in [4.78, 5) is 11.5. The van der Waals surface area contributed by atoms with Crippen LogP contribution in [0.15, 0.2) is 24.3 Å². The summed E-state index contributed by atoms with van der Waals surface area (Å²) in [5.41, 5.74) is 6.96. The lowest BCUT2D eigenvalue weighted by molar-refractivity contribution is -0.120. The topological polar surface area (TPSA) is 67.2 Å². The fraction of sp³-hybridized carbons (Fsp3) is 0.417. The number of rotatable bonds is 3. The minimum Gasteiger partial charge on any atom is -0.397 e.